The number of carbonyl (C=O) groups excluding carboxylic acids is 2. The summed E-state index contributed by atoms with van der Waals surface area (Å²) in [6.07, 6.45) is 3.86. The maximum Gasteiger partial charge on any atom is 0.225 e. The highest BCUT2D eigenvalue weighted by molar-refractivity contribution is 6.46. The van der Waals surface area contributed by atoms with Crippen LogP contribution < -0.4 is 0 Å². The topological polar surface area (TPSA) is 34.1 Å². The van der Waals surface area contributed by atoms with E-state index < -0.39 is 11.6 Å². The van der Waals surface area contributed by atoms with E-state index >= 15 is 0 Å². The van der Waals surface area contributed by atoms with Crippen molar-refractivity contribution >= 4 is 17.6 Å². The van der Waals surface area contributed by atoms with Crippen LogP contribution in [0.3, 0.4) is 0 Å². The third-order valence-electron chi connectivity index (χ3n) is 1.65. The first-order chi connectivity index (χ1) is 6.74. The average molecular weight is 186 g/mol. The Morgan fingerprint density at radius 1 is 1.07 bits per heavy atom. The molecule has 0 aliphatic carbocycles. The van der Waals surface area contributed by atoms with E-state index in [0.717, 1.165) is 11.6 Å². The van der Waals surface area contributed by atoms with Crippen molar-refractivity contribution in [3.8, 4) is 0 Å². The summed E-state index contributed by atoms with van der Waals surface area (Å²) in [6, 6.07) is 9.30. The van der Waals surface area contributed by atoms with Gasteiger partial charge in [-0.3, -0.25) is 9.59 Å². The van der Waals surface area contributed by atoms with Gasteiger partial charge in [-0.15, -0.1) is 0 Å². The largest absolute Gasteiger partial charge is 0.286 e. The van der Waals surface area contributed by atoms with Crippen molar-refractivity contribution in [1.29, 1.82) is 0 Å². The molecule has 0 saturated carbocycles. The van der Waals surface area contributed by atoms with Crippen molar-refractivity contribution in [2.45, 2.75) is 0 Å². The van der Waals surface area contributed by atoms with Gasteiger partial charge < -0.3 is 0 Å². The van der Waals surface area contributed by atoms with Gasteiger partial charge in [0, 0.05) is 0 Å². The molecule has 1 aromatic carbocycles. The van der Waals surface area contributed by atoms with E-state index in [4.69, 9.17) is 0 Å². The molecule has 0 amide bonds. The molecular formula is C12H10O2. The van der Waals surface area contributed by atoms with E-state index in [-0.39, 0.29) is 0 Å². The van der Waals surface area contributed by atoms with Crippen LogP contribution in [0, 0.1) is 0 Å². The van der Waals surface area contributed by atoms with Crippen LogP contribution in [0.5, 0.6) is 0 Å². The molecule has 14 heavy (non-hydrogen) atoms. The van der Waals surface area contributed by atoms with E-state index in [1.165, 1.54) is 6.08 Å². The Hall–Kier alpha value is -1.96. The van der Waals surface area contributed by atoms with Gasteiger partial charge in [-0.25, -0.2) is 0 Å². The number of allylic oxidation sites excluding steroid dienone is 2. The molecule has 0 aromatic heterocycles. The normalized spacial score (nSPS) is 10.0. The van der Waals surface area contributed by atoms with Gasteiger partial charge in [-0.2, -0.15) is 0 Å². The van der Waals surface area contributed by atoms with E-state index in [2.05, 4.69) is 6.58 Å². The van der Waals surface area contributed by atoms with Crippen LogP contribution in [0.1, 0.15) is 5.56 Å². The Kier molecular flexibility index (Phi) is 3.56. The van der Waals surface area contributed by atoms with Crippen LogP contribution >= 0.6 is 0 Å². The van der Waals surface area contributed by atoms with E-state index in [9.17, 15) is 9.59 Å². The maximum absolute atomic E-state index is 11.0. The van der Waals surface area contributed by atoms with Gasteiger partial charge in [0.25, 0.3) is 0 Å². The number of carbonyl (C=O) groups is 2. The zero-order chi connectivity index (χ0) is 10.4. The van der Waals surface area contributed by atoms with Gasteiger partial charge in [-0.1, -0.05) is 43.0 Å². The number of hydrogen-bond donors (Lipinski definition) is 0. The maximum atomic E-state index is 11.0. The fourth-order valence-corrected chi connectivity index (χ4v) is 0.919. The second kappa shape index (κ2) is 4.92. The lowest BCUT2D eigenvalue weighted by Gasteiger charge is -1.89. The molecule has 0 N–H and O–H groups in total. The third kappa shape index (κ3) is 2.83. The van der Waals surface area contributed by atoms with Gasteiger partial charge in [0.15, 0.2) is 0 Å². The Morgan fingerprint density at radius 3 is 2.29 bits per heavy atom. The highest BCUT2D eigenvalue weighted by Gasteiger charge is 2.03. The summed E-state index contributed by atoms with van der Waals surface area (Å²) < 4.78 is 0. The molecule has 0 unspecified atom stereocenters. The number of hydrogen-bond acceptors (Lipinski definition) is 2. The minimum absolute atomic E-state index is 0.552. The fourth-order valence-electron chi connectivity index (χ4n) is 0.919. The first-order valence-electron chi connectivity index (χ1n) is 4.18. The second-order valence-electron chi connectivity index (χ2n) is 2.68. The van der Waals surface area contributed by atoms with Gasteiger partial charge in [0.05, 0.1) is 0 Å². The van der Waals surface area contributed by atoms with Gasteiger partial charge >= 0.3 is 0 Å². The van der Waals surface area contributed by atoms with Crippen LogP contribution in [-0.2, 0) is 9.59 Å². The van der Waals surface area contributed by atoms with Crippen molar-refractivity contribution < 1.29 is 9.59 Å². The first-order valence-corrected chi connectivity index (χ1v) is 4.18. The molecule has 1 aromatic rings. The van der Waals surface area contributed by atoms with Gasteiger partial charge in [0.2, 0.25) is 11.6 Å². The van der Waals surface area contributed by atoms with Crippen LogP contribution in [-0.4, -0.2) is 11.6 Å². The molecular weight excluding hydrogens is 176 g/mol. The lowest BCUT2D eigenvalue weighted by atomic mass is 10.1. The Morgan fingerprint density at radius 2 is 1.71 bits per heavy atom. The molecule has 2 heteroatoms. The molecule has 0 spiro atoms. The van der Waals surface area contributed by atoms with Crippen molar-refractivity contribution in [2.75, 3.05) is 0 Å². The van der Waals surface area contributed by atoms with E-state index in [1.54, 1.807) is 6.08 Å². The fraction of sp³-hybridized carbons (Fsp3) is 0. The summed E-state index contributed by atoms with van der Waals surface area (Å²) in [4.78, 5) is 21.9. The summed E-state index contributed by atoms with van der Waals surface area (Å²) in [7, 11) is 0. The quantitative estimate of drug-likeness (QED) is 0.532. The van der Waals surface area contributed by atoms with Crippen molar-refractivity contribution in [3.05, 3.63) is 54.6 Å². The van der Waals surface area contributed by atoms with Crippen LogP contribution in [0.25, 0.3) is 6.08 Å². The predicted molar refractivity (Wildman–Crippen MR) is 55.7 cm³/mol. The van der Waals surface area contributed by atoms with Gasteiger partial charge in [-0.05, 0) is 17.7 Å². The lowest BCUT2D eigenvalue weighted by Crippen LogP contribution is -2.05. The molecule has 2 nitrogen and oxygen atoms in total. The molecule has 0 saturated heterocycles. The summed E-state index contributed by atoms with van der Waals surface area (Å²) in [5.74, 6) is -1.14. The standard InChI is InChI=1S/C12H10O2/c1-2-11(13)12(14)9-8-10-6-4-3-5-7-10/h2-9H,1H2/b9-8+. The number of ketones is 2. The molecule has 70 valence electrons. The van der Waals surface area contributed by atoms with Gasteiger partial charge in [0.1, 0.15) is 0 Å². The summed E-state index contributed by atoms with van der Waals surface area (Å²) >= 11 is 0. The highest BCUT2D eigenvalue weighted by atomic mass is 16.2. The molecule has 0 aliphatic heterocycles. The van der Waals surface area contributed by atoms with Crippen LogP contribution in [0.15, 0.2) is 49.1 Å². The zero-order valence-electron chi connectivity index (χ0n) is 7.64. The number of benzene rings is 1. The van der Waals surface area contributed by atoms with Crippen molar-refractivity contribution in [3.63, 3.8) is 0 Å². The Bertz CT molecular complexity index is 375. The summed E-state index contributed by atoms with van der Waals surface area (Å²) in [5, 5.41) is 0. The van der Waals surface area contributed by atoms with Crippen LogP contribution in [0.2, 0.25) is 0 Å². The third-order valence-corrected chi connectivity index (χ3v) is 1.65. The first kappa shape index (κ1) is 10.1. The molecule has 0 aliphatic rings. The molecule has 1 rings (SSSR count). The molecule has 0 atom stereocenters. The minimum Gasteiger partial charge on any atom is -0.286 e. The smallest absolute Gasteiger partial charge is 0.225 e. The molecule has 0 radical (unpaired) electrons. The SMILES string of the molecule is C=CC(=O)C(=O)/C=C/c1ccccc1. The summed E-state index contributed by atoms with van der Waals surface area (Å²) in [6.45, 7) is 3.23. The van der Waals surface area contributed by atoms with E-state index in [0.29, 0.717) is 0 Å². The Balaban J connectivity index is 2.70. The van der Waals surface area contributed by atoms with Crippen LogP contribution in [0.4, 0.5) is 0 Å². The predicted octanol–water partition coefficient (Wildman–Crippen LogP) is 2.02. The monoisotopic (exact) mass is 186 g/mol. The summed E-state index contributed by atoms with van der Waals surface area (Å²) in [5.41, 5.74) is 0.887. The Labute approximate surface area is 82.6 Å². The number of rotatable bonds is 4. The molecule has 0 fully saturated rings. The lowest BCUT2D eigenvalue weighted by molar-refractivity contribution is -0.130. The average Bonchev–Trinajstić information content (AvgIpc) is 2.26. The molecule has 0 heterocycles. The highest BCUT2D eigenvalue weighted by Crippen LogP contribution is 2.00. The van der Waals surface area contributed by atoms with E-state index in [1.807, 2.05) is 30.3 Å². The second-order valence-corrected chi connectivity index (χ2v) is 2.68. The zero-order valence-corrected chi connectivity index (χ0v) is 7.64. The van der Waals surface area contributed by atoms with Crippen molar-refractivity contribution in [1.82, 2.24) is 0 Å². The molecule has 0 bridgehead atoms. The van der Waals surface area contributed by atoms with Crippen molar-refractivity contribution in [2.24, 2.45) is 0 Å². The minimum atomic E-state index is -0.586.